The van der Waals surface area contributed by atoms with Crippen LogP contribution in [-0.4, -0.2) is 65.0 Å². The average Bonchev–Trinajstić information content (AvgIpc) is 2.90. The van der Waals surface area contributed by atoms with Gasteiger partial charge >= 0.3 is 11.9 Å². The van der Waals surface area contributed by atoms with Gasteiger partial charge in [-0.05, 0) is 44.7 Å². The van der Waals surface area contributed by atoms with E-state index >= 15 is 0 Å². The number of benzene rings is 2. The highest BCUT2D eigenvalue weighted by Gasteiger charge is 2.46. The summed E-state index contributed by atoms with van der Waals surface area (Å²) in [6, 6.07) is 18.0. The summed E-state index contributed by atoms with van der Waals surface area (Å²) in [4.78, 5) is 41.0. The Balaban J connectivity index is 1.67. The van der Waals surface area contributed by atoms with Crippen molar-refractivity contribution >= 4 is 29.6 Å². The minimum atomic E-state index is -1.09. The normalized spacial score (nSPS) is 19.2. The first-order chi connectivity index (χ1) is 17.3. The molecule has 3 rings (SSSR count). The van der Waals surface area contributed by atoms with Gasteiger partial charge in [0.05, 0.1) is 12.6 Å². The van der Waals surface area contributed by atoms with Gasteiger partial charge in [0.1, 0.15) is 18.2 Å². The van der Waals surface area contributed by atoms with Crippen molar-refractivity contribution in [3.05, 3.63) is 71.8 Å². The Bertz CT molecular complexity index is 1000. The fraction of sp³-hybridized carbons (Fsp3) is 0.464. The van der Waals surface area contributed by atoms with E-state index in [2.05, 4.69) is 5.32 Å². The molecular formula is C28H36N2O5S. The van der Waals surface area contributed by atoms with Crippen LogP contribution in [-0.2, 0) is 36.9 Å². The lowest BCUT2D eigenvalue weighted by Gasteiger charge is -2.43. The first-order valence-corrected chi connectivity index (χ1v) is 13.6. The van der Waals surface area contributed by atoms with E-state index in [4.69, 9.17) is 9.47 Å². The summed E-state index contributed by atoms with van der Waals surface area (Å²) in [5, 5.41) is 3.18. The molecule has 1 aliphatic heterocycles. The van der Waals surface area contributed by atoms with Crippen LogP contribution in [0.5, 0.6) is 0 Å². The average molecular weight is 513 g/mol. The lowest BCUT2D eigenvalue weighted by Crippen LogP contribution is -2.64. The number of esters is 2. The zero-order valence-corrected chi connectivity index (χ0v) is 22.1. The third-order valence-electron chi connectivity index (χ3n) is 6.31. The van der Waals surface area contributed by atoms with Gasteiger partial charge in [-0.2, -0.15) is 11.8 Å². The Morgan fingerprint density at radius 1 is 1.03 bits per heavy atom. The molecule has 0 spiro atoms. The number of amides is 1. The molecular weight excluding hydrogens is 476 g/mol. The monoisotopic (exact) mass is 512 g/mol. The second-order valence-electron chi connectivity index (χ2n) is 9.10. The third kappa shape index (κ3) is 7.34. The van der Waals surface area contributed by atoms with Crippen LogP contribution in [0.25, 0.3) is 0 Å². The van der Waals surface area contributed by atoms with Crippen molar-refractivity contribution in [2.45, 2.75) is 57.8 Å². The van der Waals surface area contributed by atoms with Crippen LogP contribution >= 0.6 is 11.8 Å². The number of nitrogens with one attached hydrogen (secondary N) is 1. The molecule has 1 heterocycles. The number of carbonyl (C=O) groups excluding carboxylic acids is 3. The van der Waals surface area contributed by atoms with E-state index in [1.54, 1.807) is 37.4 Å². The molecule has 0 radical (unpaired) electrons. The van der Waals surface area contributed by atoms with Crippen LogP contribution in [0.2, 0.25) is 0 Å². The van der Waals surface area contributed by atoms with Gasteiger partial charge < -0.3 is 14.4 Å². The summed E-state index contributed by atoms with van der Waals surface area (Å²) in [5.74, 6) is 0.143. The number of hydrogen-bond acceptors (Lipinski definition) is 7. The van der Waals surface area contributed by atoms with Crippen LogP contribution in [0.4, 0.5) is 0 Å². The van der Waals surface area contributed by atoms with Crippen LogP contribution in [0.3, 0.4) is 0 Å². The number of ether oxygens (including phenoxy) is 2. The largest absolute Gasteiger partial charge is 0.465 e. The van der Waals surface area contributed by atoms with Gasteiger partial charge in [-0.1, -0.05) is 60.7 Å². The third-order valence-corrected chi connectivity index (χ3v) is 7.55. The van der Waals surface area contributed by atoms with Crippen LogP contribution in [0.15, 0.2) is 60.7 Å². The summed E-state index contributed by atoms with van der Waals surface area (Å²) in [6.07, 6.45) is 1.16. The minimum absolute atomic E-state index is 0.153. The minimum Gasteiger partial charge on any atom is -0.465 e. The van der Waals surface area contributed by atoms with Crippen molar-refractivity contribution in [1.29, 1.82) is 0 Å². The second-order valence-corrected chi connectivity index (χ2v) is 10.2. The summed E-state index contributed by atoms with van der Waals surface area (Å²) in [7, 11) is 0. The van der Waals surface area contributed by atoms with Gasteiger partial charge in [0.25, 0.3) is 0 Å². The quantitative estimate of drug-likeness (QED) is 0.461. The van der Waals surface area contributed by atoms with E-state index in [0.29, 0.717) is 25.1 Å². The van der Waals surface area contributed by atoms with Crippen molar-refractivity contribution in [1.82, 2.24) is 10.2 Å². The molecule has 1 saturated heterocycles. The fourth-order valence-electron chi connectivity index (χ4n) is 4.23. The lowest BCUT2D eigenvalue weighted by molar-refractivity contribution is -0.163. The molecule has 2 aromatic carbocycles. The molecule has 0 bridgehead atoms. The molecule has 36 heavy (non-hydrogen) atoms. The van der Waals surface area contributed by atoms with Crippen molar-refractivity contribution in [2.75, 3.05) is 24.7 Å². The van der Waals surface area contributed by atoms with Gasteiger partial charge in [-0.3, -0.25) is 14.9 Å². The summed E-state index contributed by atoms with van der Waals surface area (Å²) < 4.78 is 10.9. The molecule has 3 atom stereocenters. The molecule has 2 aromatic rings. The number of carbonyl (C=O) groups is 3. The first-order valence-electron chi connectivity index (χ1n) is 12.4. The van der Waals surface area contributed by atoms with Crippen molar-refractivity contribution in [3.63, 3.8) is 0 Å². The SMILES string of the molecule is CCOC(=O)C(CCc1ccccc1)N[C@@H](C)C(=O)N1CCSCC1(C)C(=O)OCc1ccccc1. The Kier molecular flexibility index (Phi) is 10.4. The van der Waals surface area contributed by atoms with Crippen molar-refractivity contribution in [2.24, 2.45) is 0 Å². The summed E-state index contributed by atoms with van der Waals surface area (Å²) in [6.45, 7) is 6.10. The molecule has 1 fully saturated rings. The fourth-order valence-corrected chi connectivity index (χ4v) is 5.35. The predicted octanol–water partition coefficient (Wildman–Crippen LogP) is 3.61. The van der Waals surface area contributed by atoms with Crippen LogP contribution in [0, 0.1) is 0 Å². The Labute approximate surface area is 217 Å². The van der Waals surface area contributed by atoms with E-state index in [-0.39, 0.29) is 25.1 Å². The molecule has 0 saturated carbocycles. The molecule has 7 nitrogen and oxygen atoms in total. The van der Waals surface area contributed by atoms with E-state index in [9.17, 15) is 14.4 Å². The highest BCUT2D eigenvalue weighted by molar-refractivity contribution is 7.99. The Morgan fingerprint density at radius 2 is 1.67 bits per heavy atom. The molecule has 8 heteroatoms. The maximum Gasteiger partial charge on any atom is 0.332 e. The van der Waals surface area contributed by atoms with E-state index in [0.717, 1.165) is 16.9 Å². The molecule has 0 aromatic heterocycles. The molecule has 0 aliphatic carbocycles. The van der Waals surface area contributed by atoms with E-state index in [1.165, 1.54) is 0 Å². The van der Waals surface area contributed by atoms with E-state index in [1.807, 2.05) is 60.7 Å². The lowest BCUT2D eigenvalue weighted by atomic mass is 10.00. The molecule has 1 aliphatic rings. The summed E-state index contributed by atoms with van der Waals surface area (Å²) in [5.41, 5.74) is 0.907. The highest BCUT2D eigenvalue weighted by atomic mass is 32.2. The zero-order valence-electron chi connectivity index (χ0n) is 21.3. The number of nitrogens with zero attached hydrogens (tertiary/aromatic N) is 1. The molecule has 194 valence electrons. The molecule has 1 N–H and O–H groups in total. The van der Waals surface area contributed by atoms with Crippen LogP contribution < -0.4 is 5.32 Å². The molecule has 2 unspecified atom stereocenters. The number of thioether (sulfide) groups is 1. The van der Waals surface area contributed by atoms with Crippen molar-refractivity contribution in [3.8, 4) is 0 Å². The zero-order chi connectivity index (χ0) is 26.0. The number of rotatable bonds is 11. The highest BCUT2D eigenvalue weighted by Crippen LogP contribution is 2.29. The topological polar surface area (TPSA) is 84.9 Å². The smallest absolute Gasteiger partial charge is 0.332 e. The van der Waals surface area contributed by atoms with Crippen LogP contribution in [0.1, 0.15) is 38.3 Å². The predicted molar refractivity (Wildman–Crippen MR) is 141 cm³/mol. The second kappa shape index (κ2) is 13.5. The van der Waals surface area contributed by atoms with Gasteiger partial charge in [-0.25, -0.2) is 4.79 Å². The molecule has 1 amide bonds. The van der Waals surface area contributed by atoms with E-state index < -0.39 is 23.6 Å². The van der Waals surface area contributed by atoms with Crippen molar-refractivity contribution < 1.29 is 23.9 Å². The van der Waals surface area contributed by atoms with Gasteiger partial charge in [0.15, 0.2) is 0 Å². The van der Waals surface area contributed by atoms with Gasteiger partial charge in [0, 0.05) is 18.1 Å². The Morgan fingerprint density at radius 3 is 2.31 bits per heavy atom. The maximum atomic E-state index is 13.6. The Hall–Kier alpha value is -2.84. The first kappa shape index (κ1) is 27.7. The standard InChI is InChI=1S/C28H36N2O5S/c1-4-34-26(32)24(16-15-22-11-7-5-8-12-22)29-21(2)25(31)30-17-18-36-20-28(30,3)27(33)35-19-23-13-9-6-10-14-23/h5-14,21,24,29H,4,15-20H2,1-3H3/t21-,24?,28?/m0/s1. The summed E-state index contributed by atoms with van der Waals surface area (Å²) >= 11 is 1.63. The maximum absolute atomic E-state index is 13.6. The van der Waals surface area contributed by atoms with Gasteiger partial charge in [0.2, 0.25) is 5.91 Å². The number of aryl methyl sites for hydroxylation is 1. The van der Waals surface area contributed by atoms with Gasteiger partial charge in [-0.15, -0.1) is 0 Å². The number of hydrogen-bond donors (Lipinski definition) is 1.